The van der Waals surface area contributed by atoms with Crippen molar-refractivity contribution in [3.63, 3.8) is 0 Å². The zero-order valence-electron chi connectivity index (χ0n) is 4.31. The molecule has 0 saturated carbocycles. The van der Waals surface area contributed by atoms with Gasteiger partial charge < -0.3 is 0 Å². The second kappa shape index (κ2) is 54.8. The van der Waals surface area contributed by atoms with Crippen molar-refractivity contribution in [2.24, 2.45) is 10.2 Å². The van der Waals surface area contributed by atoms with E-state index in [9.17, 15) is 0 Å². The summed E-state index contributed by atoms with van der Waals surface area (Å²) in [6.07, 6.45) is 0. The van der Waals surface area contributed by atoms with Gasteiger partial charge in [0.25, 0.3) is 0 Å². The minimum absolute atomic E-state index is 0. The molecule has 0 aliphatic rings. The molecular formula is C9H30N2. The van der Waals surface area contributed by atoms with Gasteiger partial charge >= 0.3 is 0 Å². The van der Waals surface area contributed by atoms with E-state index in [2.05, 4.69) is 10.2 Å². The molecule has 0 aromatic heterocycles. The molecule has 0 fully saturated rings. The van der Waals surface area contributed by atoms with Crippen molar-refractivity contribution in [2.75, 3.05) is 13.1 Å². The summed E-state index contributed by atoms with van der Waals surface area (Å²) in [5, 5.41) is 7.43. The van der Waals surface area contributed by atoms with E-state index in [-0.39, 0.29) is 37.1 Å². The van der Waals surface area contributed by atoms with Crippen LogP contribution in [-0.4, -0.2) is 13.1 Å². The monoisotopic (exact) mass is 166 g/mol. The molecule has 0 spiro atoms. The molecule has 0 N–H and O–H groups in total. The molecule has 0 aliphatic carbocycles. The van der Waals surface area contributed by atoms with Gasteiger partial charge in [0.2, 0.25) is 0 Å². The standard InChI is InChI=1S/C4H10N2.5CH4/c1-3-5-6-4-2;;;;;/h3-4H2,1-2H3;5*1H4. The highest BCUT2D eigenvalue weighted by atomic mass is 15.1. The van der Waals surface area contributed by atoms with Gasteiger partial charge in [0, 0.05) is 0 Å². The molecule has 0 unspecified atom stereocenters. The molecule has 76 valence electrons. The van der Waals surface area contributed by atoms with Crippen molar-refractivity contribution in [3.05, 3.63) is 0 Å². The van der Waals surface area contributed by atoms with Gasteiger partial charge in [-0.2, -0.15) is 10.2 Å². The summed E-state index contributed by atoms with van der Waals surface area (Å²) in [5.41, 5.74) is 0. The van der Waals surface area contributed by atoms with Crippen LogP contribution in [0.4, 0.5) is 0 Å². The first-order valence-corrected chi connectivity index (χ1v) is 2.25. The van der Waals surface area contributed by atoms with E-state index in [0.29, 0.717) is 0 Å². The average Bonchev–Trinajstić information content (AvgIpc) is 1.61. The van der Waals surface area contributed by atoms with Crippen LogP contribution in [0.1, 0.15) is 51.0 Å². The summed E-state index contributed by atoms with van der Waals surface area (Å²) >= 11 is 0. The Kier molecular flexibility index (Phi) is 230. The van der Waals surface area contributed by atoms with E-state index >= 15 is 0 Å². The molecule has 0 amide bonds. The normalized spacial score (nSPS) is 5.64. The van der Waals surface area contributed by atoms with Crippen LogP contribution < -0.4 is 0 Å². The summed E-state index contributed by atoms with van der Waals surface area (Å²) in [4.78, 5) is 0. The van der Waals surface area contributed by atoms with Crippen LogP contribution in [0.3, 0.4) is 0 Å². The number of hydrogen-bond donors (Lipinski definition) is 0. The van der Waals surface area contributed by atoms with Gasteiger partial charge in [-0.1, -0.05) is 37.1 Å². The largest absolute Gasteiger partial charge is 0.195 e. The Bertz CT molecular complexity index is 36.8. The lowest BCUT2D eigenvalue weighted by molar-refractivity contribution is 0.905. The van der Waals surface area contributed by atoms with E-state index in [1.165, 1.54) is 0 Å². The van der Waals surface area contributed by atoms with Crippen LogP contribution in [0, 0.1) is 0 Å². The molecule has 2 heteroatoms. The molecule has 0 saturated heterocycles. The summed E-state index contributed by atoms with van der Waals surface area (Å²) in [7, 11) is 0. The van der Waals surface area contributed by atoms with Crippen molar-refractivity contribution in [1.29, 1.82) is 0 Å². The van der Waals surface area contributed by atoms with Gasteiger partial charge in [-0.15, -0.1) is 0 Å². The summed E-state index contributed by atoms with van der Waals surface area (Å²) in [6.45, 7) is 5.57. The lowest BCUT2D eigenvalue weighted by Gasteiger charge is -1.73. The zero-order chi connectivity index (χ0) is 4.83. The molecule has 0 atom stereocenters. The van der Waals surface area contributed by atoms with Gasteiger partial charge in [-0.25, -0.2) is 0 Å². The molecule has 0 heterocycles. The maximum Gasteiger partial charge on any atom is 0.0570 e. The van der Waals surface area contributed by atoms with Gasteiger partial charge in [0.1, 0.15) is 0 Å². The topological polar surface area (TPSA) is 24.7 Å². The van der Waals surface area contributed by atoms with E-state index in [4.69, 9.17) is 0 Å². The molecule has 0 aromatic rings. The maximum atomic E-state index is 3.72. The van der Waals surface area contributed by atoms with Crippen LogP contribution in [0.25, 0.3) is 0 Å². The highest BCUT2D eigenvalue weighted by molar-refractivity contribution is 4.24. The third-order valence-electron chi connectivity index (χ3n) is 0.383. The smallest absolute Gasteiger partial charge is 0.0570 e. The minimum Gasteiger partial charge on any atom is -0.195 e. The number of azo groups is 1. The Morgan fingerprint density at radius 2 is 0.818 bits per heavy atom. The number of hydrogen-bond acceptors (Lipinski definition) is 2. The van der Waals surface area contributed by atoms with Crippen molar-refractivity contribution >= 4 is 0 Å². The predicted molar refractivity (Wildman–Crippen MR) is 59.6 cm³/mol. The molecule has 0 bridgehead atoms. The summed E-state index contributed by atoms with van der Waals surface area (Å²) in [5.74, 6) is 0. The van der Waals surface area contributed by atoms with Gasteiger partial charge in [-0.3, -0.25) is 0 Å². The molecular weight excluding hydrogens is 136 g/mol. The van der Waals surface area contributed by atoms with Crippen LogP contribution in [0.2, 0.25) is 0 Å². The Balaban J connectivity index is -0.0000000125. The highest BCUT2D eigenvalue weighted by Crippen LogP contribution is 1.69. The van der Waals surface area contributed by atoms with Gasteiger partial charge in [-0.05, 0) is 13.8 Å². The Hall–Kier alpha value is -0.400. The highest BCUT2D eigenvalue weighted by Gasteiger charge is 1.60. The lowest BCUT2D eigenvalue weighted by Crippen LogP contribution is -1.65. The molecule has 0 aliphatic heterocycles. The summed E-state index contributed by atoms with van der Waals surface area (Å²) < 4.78 is 0. The molecule has 11 heavy (non-hydrogen) atoms. The SMILES string of the molecule is C.C.C.C.C.CCN=NCC. The van der Waals surface area contributed by atoms with Crippen LogP contribution in [0.15, 0.2) is 10.2 Å². The number of nitrogens with zero attached hydrogens (tertiary/aromatic N) is 2. The first-order valence-electron chi connectivity index (χ1n) is 2.25. The number of rotatable bonds is 2. The molecule has 2 nitrogen and oxygen atoms in total. The second-order valence-corrected chi connectivity index (χ2v) is 0.915. The zero-order valence-corrected chi connectivity index (χ0v) is 4.31. The quantitative estimate of drug-likeness (QED) is 0.533. The van der Waals surface area contributed by atoms with Crippen molar-refractivity contribution in [2.45, 2.75) is 51.0 Å². The van der Waals surface area contributed by atoms with Gasteiger partial charge in [0.05, 0.1) is 13.1 Å². The van der Waals surface area contributed by atoms with Crippen molar-refractivity contribution in [3.8, 4) is 0 Å². The molecule has 0 radical (unpaired) electrons. The Morgan fingerprint density at radius 1 is 0.636 bits per heavy atom. The third kappa shape index (κ3) is 82.0. The minimum atomic E-state index is 0. The van der Waals surface area contributed by atoms with Gasteiger partial charge in [0.15, 0.2) is 0 Å². The Morgan fingerprint density at radius 3 is 0.909 bits per heavy atom. The van der Waals surface area contributed by atoms with Crippen LogP contribution in [-0.2, 0) is 0 Å². The fourth-order valence-corrected chi connectivity index (χ4v) is 0.200. The van der Waals surface area contributed by atoms with Crippen molar-refractivity contribution in [1.82, 2.24) is 0 Å². The van der Waals surface area contributed by atoms with E-state index in [1.807, 2.05) is 13.8 Å². The predicted octanol–water partition coefficient (Wildman–Crippen LogP) is 4.66. The van der Waals surface area contributed by atoms with Crippen LogP contribution >= 0.6 is 0 Å². The van der Waals surface area contributed by atoms with Crippen LogP contribution in [0.5, 0.6) is 0 Å². The first-order chi connectivity index (χ1) is 2.91. The summed E-state index contributed by atoms with van der Waals surface area (Å²) in [6, 6.07) is 0. The fraction of sp³-hybridized carbons (Fsp3) is 1.00. The molecule has 0 rings (SSSR count). The lowest BCUT2D eigenvalue weighted by atomic mass is 10.8. The van der Waals surface area contributed by atoms with E-state index < -0.39 is 0 Å². The average molecular weight is 166 g/mol. The molecule has 0 aromatic carbocycles. The van der Waals surface area contributed by atoms with E-state index in [0.717, 1.165) is 13.1 Å². The van der Waals surface area contributed by atoms with E-state index in [1.54, 1.807) is 0 Å². The first kappa shape index (κ1) is 46.2. The second-order valence-electron chi connectivity index (χ2n) is 0.915. The maximum absolute atomic E-state index is 3.72. The fourth-order valence-electron chi connectivity index (χ4n) is 0.200. The third-order valence-corrected chi connectivity index (χ3v) is 0.383. The van der Waals surface area contributed by atoms with Crippen molar-refractivity contribution < 1.29 is 0 Å². The Labute approximate surface area is 75.1 Å².